The summed E-state index contributed by atoms with van der Waals surface area (Å²) in [5, 5.41) is 14.4. The van der Waals surface area contributed by atoms with Gasteiger partial charge < -0.3 is 9.88 Å². The van der Waals surface area contributed by atoms with Gasteiger partial charge in [0.1, 0.15) is 5.82 Å². The van der Waals surface area contributed by atoms with Gasteiger partial charge in [0.2, 0.25) is 5.91 Å². The first-order valence-corrected chi connectivity index (χ1v) is 9.00. The van der Waals surface area contributed by atoms with Gasteiger partial charge in [0.15, 0.2) is 5.16 Å². The molecule has 0 aliphatic heterocycles. The Morgan fingerprint density at radius 2 is 2.38 bits per heavy atom. The first kappa shape index (κ1) is 14.6. The van der Waals surface area contributed by atoms with Crippen molar-refractivity contribution in [2.45, 2.75) is 37.4 Å². The molecule has 5 nitrogen and oxygen atoms in total. The summed E-state index contributed by atoms with van der Waals surface area (Å²) in [7, 11) is 0. The minimum absolute atomic E-state index is 0.0488. The molecule has 1 aliphatic carbocycles. The van der Waals surface area contributed by atoms with Gasteiger partial charge >= 0.3 is 0 Å². The van der Waals surface area contributed by atoms with E-state index < -0.39 is 0 Å². The Balaban J connectivity index is 1.72. The fourth-order valence-electron chi connectivity index (χ4n) is 2.17. The normalized spacial score (nSPS) is 14.3. The number of nitrogens with zero attached hydrogens (tertiary/aromatic N) is 3. The highest BCUT2D eigenvalue weighted by molar-refractivity contribution is 7.99. The molecule has 1 amide bonds. The smallest absolute Gasteiger partial charge is 0.230 e. The number of carbonyl (C=O) groups excluding carboxylic acids is 1. The predicted molar refractivity (Wildman–Crippen MR) is 84.8 cm³/mol. The van der Waals surface area contributed by atoms with E-state index >= 15 is 0 Å². The highest BCUT2D eigenvalue weighted by Crippen LogP contribution is 2.39. The molecule has 0 unspecified atom stereocenters. The fourth-order valence-corrected chi connectivity index (χ4v) is 3.73. The van der Waals surface area contributed by atoms with Crippen molar-refractivity contribution in [1.29, 1.82) is 0 Å². The van der Waals surface area contributed by atoms with Crippen molar-refractivity contribution in [3.05, 3.63) is 28.2 Å². The number of carbonyl (C=O) groups is 1. The molecule has 3 rings (SSSR count). The molecule has 0 atom stereocenters. The molecule has 0 radical (unpaired) electrons. The van der Waals surface area contributed by atoms with Crippen molar-refractivity contribution in [2.75, 3.05) is 12.3 Å². The van der Waals surface area contributed by atoms with Gasteiger partial charge in [-0.05, 0) is 31.2 Å². The van der Waals surface area contributed by atoms with Gasteiger partial charge in [-0.15, -0.1) is 21.5 Å². The zero-order valence-corrected chi connectivity index (χ0v) is 13.5. The summed E-state index contributed by atoms with van der Waals surface area (Å²) in [6.45, 7) is 2.59. The van der Waals surface area contributed by atoms with Gasteiger partial charge in [-0.3, -0.25) is 4.79 Å². The average molecular weight is 322 g/mol. The van der Waals surface area contributed by atoms with Crippen LogP contribution in [0.3, 0.4) is 0 Å². The third-order valence-corrected chi connectivity index (χ3v) is 5.09. The second-order valence-electron chi connectivity index (χ2n) is 5.00. The lowest BCUT2D eigenvalue weighted by Gasteiger charge is -2.08. The van der Waals surface area contributed by atoms with E-state index in [1.165, 1.54) is 29.5 Å². The number of hydrogen-bond donors (Lipinski definition) is 1. The summed E-state index contributed by atoms with van der Waals surface area (Å²) in [4.78, 5) is 12.9. The fraction of sp³-hybridized carbons (Fsp3) is 0.500. The second-order valence-corrected chi connectivity index (χ2v) is 6.97. The summed E-state index contributed by atoms with van der Waals surface area (Å²) in [6, 6.07) is 4.70. The molecule has 0 aromatic carbocycles. The first-order chi connectivity index (χ1) is 10.3. The molecule has 1 saturated carbocycles. The zero-order chi connectivity index (χ0) is 14.7. The van der Waals surface area contributed by atoms with Gasteiger partial charge in [0, 0.05) is 23.9 Å². The molecule has 0 bridgehead atoms. The minimum atomic E-state index is 0.0488. The highest BCUT2D eigenvalue weighted by Gasteiger charge is 2.29. The number of amides is 1. The van der Waals surface area contributed by atoms with Crippen LogP contribution in [0.5, 0.6) is 0 Å². The van der Waals surface area contributed by atoms with E-state index in [0.29, 0.717) is 18.3 Å². The molecule has 0 saturated heterocycles. The van der Waals surface area contributed by atoms with E-state index in [1.54, 1.807) is 11.3 Å². The quantitative estimate of drug-likeness (QED) is 0.796. The summed E-state index contributed by atoms with van der Waals surface area (Å²) in [6.07, 6.45) is 3.19. The van der Waals surface area contributed by atoms with Crippen LogP contribution in [0, 0.1) is 0 Å². The van der Waals surface area contributed by atoms with E-state index in [-0.39, 0.29) is 5.91 Å². The molecule has 21 heavy (non-hydrogen) atoms. The maximum absolute atomic E-state index is 11.6. The lowest BCUT2D eigenvalue weighted by Crippen LogP contribution is -2.24. The molecule has 1 fully saturated rings. The molecular formula is C14H18N4OS2. The van der Waals surface area contributed by atoms with Crippen LogP contribution < -0.4 is 5.32 Å². The van der Waals surface area contributed by atoms with Crippen molar-refractivity contribution < 1.29 is 4.79 Å². The Morgan fingerprint density at radius 1 is 1.52 bits per heavy atom. The maximum atomic E-state index is 11.6. The van der Waals surface area contributed by atoms with Crippen molar-refractivity contribution >= 4 is 29.0 Å². The van der Waals surface area contributed by atoms with Crippen molar-refractivity contribution in [3.8, 4) is 0 Å². The monoisotopic (exact) mass is 322 g/mol. The van der Waals surface area contributed by atoms with Gasteiger partial charge in [-0.25, -0.2) is 0 Å². The standard InChI is InChI=1S/C14H18N4OS2/c1-2-15-13(19)9-21-14-17-16-12(18(14)10-5-6-10)8-11-4-3-7-20-11/h3-4,7,10H,2,5-6,8-9H2,1H3,(H,15,19). The van der Waals surface area contributed by atoms with Gasteiger partial charge in [-0.2, -0.15) is 0 Å². The van der Waals surface area contributed by atoms with Gasteiger partial charge in [0.05, 0.1) is 5.75 Å². The summed E-state index contributed by atoms with van der Waals surface area (Å²) < 4.78 is 2.23. The third-order valence-electron chi connectivity index (χ3n) is 3.27. The van der Waals surface area contributed by atoms with E-state index in [9.17, 15) is 4.79 Å². The van der Waals surface area contributed by atoms with Crippen LogP contribution in [0.1, 0.15) is 36.5 Å². The number of aromatic nitrogens is 3. The Morgan fingerprint density at radius 3 is 3.05 bits per heavy atom. The van der Waals surface area contributed by atoms with Crippen LogP contribution in [0.15, 0.2) is 22.7 Å². The Bertz CT molecular complexity index is 605. The van der Waals surface area contributed by atoms with Crippen LogP contribution >= 0.6 is 23.1 Å². The predicted octanol–water partition coefficient (Wildman–Crippen LogP) is 2.49. The average Bonchev–Trinajstić information content (AvgIpc) is 3.02. The van der Waals surface area contributed by atoms with Gasteiger partial charge in [-0.1, -0.05) is 17.8 Å². The zero-order valence-electron chi connectivity index (χ0n) is 11.9. The molecule has 112 valence electrons. The summed E-state index contributed by atoms with van der Waals surface area (Å²) in [5.74, 6) is 1.46. The van der Waals surface area contributed by atoms with Crippen LogP contribution in [-0.2, 0) is 11.2 Å². The van der Waals surface area contributed by atoms with Crippen LogP contribution in [0.25, 0.3) is 0 Å². The van der Waals surface area contributed by atoms with Crippen molar-refractivity contribution in [1.82, 2.24) is 20.1 Å². The topological polar surface area (TPSA) is 59.8 Å². The molecule has 0 spiro atoms. The Labute approximate surface area is 132 Å². The Hall–Kier alpha value is -1.34. The van der Waals surface area contributed by atoms with E-state index in [1.807, 2.05) is 6.92 Å². The van der Waals surface area contributed by atoms with E-state index in [2.05, 4.69) is 37.6 Å². The minimum Gasteiger partial charge on any atom is -0.356 e. The molecule has 2 aromatic rings. The summed E-state index contributed by atoms with van der Waals surface area (Å²) in [5.41, 5.74) is 0. The number of thiophene rings is 1. The van der Waals surface area contributed by atoms with Crippen molar-refractivity contribution in [3.63, 3.8) is 0 Å². The number of hydrogen-bond acceptors (Lipinski definition) is 5. The third kappa shape index (κ3) is 3.65. The molecule has 1 N–H and O–H groups in total. The first-order valence-electron chi connectivity index (χ1n) is 7.13. The van der Waals surface area contributed by atoms with Crippen LogP contribution in [0.2, 0.25) is 0 Å². The van der Waals surface area contributed by atoms with Gasteiger partial charge in [0.25, 0.3) is 0 Å². The molecule has 2 heterocycles. The molecular weight excluding hydrogens is 304 g/mol. The number of rotatable bonds is 7. The SMILES string of the molecule is CCNC(=O)CSc1nnc(Cc2cccs2)n1C1CC1. The summed E-state index contributed by atoms with van der Waals surface area (Å²) >= 11 is 3.22. The van der Waals surface area contributed by atoms with E-state index in [0.717, 1.165) is 17.4 Å². The highest BCUT2D eigenvalue weighted by atomic mass is 32.2. The van der Waals surface area contributed by atoms with Crippen molar-refractivity contribution in [2.24, 2.45) is 0 Å². The second kappa shape index (κ2) is 6.62. The van der Waals surface area contributed by atoms with E-state index in [4.69, 9.17) is 0 Å². The number of nitrogens with one attached hydrogen (secondary N) is 1. The maximum Gasteiger partial charge on any atom is 0.230 e. The lowest BCUT2D eigenvalue weighted by atomic mass is 10.3. The molecule has 1 aliphatic rings. The Kier molecular flexibility index (Phi) is 4.60. The molecule has 7 heteroatoms. The largest absolute Gasteiger partial charge is 0.356 e. The lowest BCUT2D eigenvalue weighted by molar-refractivity contribution is -0.118. The molecule has 2 aromatic heterocycles. The van der Waals surface area contributed by atoms with Crippen LogP contribution in [0.4, 0.5) is 0 Å². The van der Waals surface area contributed by atoms with Crippen LogP contribution in [-0.4, -0.2) is 33.0 Å². The number of thioether (sulfide) groups is 1.